The maximum atomic E-state index is 12.0. The lowest BCUT2D eigenvalue weighted by molar-refractivity contribution is 0.0913. The molecule has 1 unspecified atom stereocenters. The van der Waals surface area contributed by atoms with Gasteiger partial charge in [0.2, 0.25) is 0 Å². The van der Waals surface area contributed by atoms with E-state index in [0.29, 0.717) is 16.6 Å². The summed E-state index contributed by atoms with van der Waals surface area (Å²) in [5.41, 5.74) is 0.112. The molecule has 0 radical (unpaired) electrons. The normalized spacial score (nSPS) is 13.8. The second-order valence-corrected chi connectivity index (χ2v) is 4.95. The van der Waals surface area contributed by atoms with Gasteiger partial charge in [-0.3, -0.25) is 4.79 Å². The lowest BCUT2D eigenvalue weighted by atomic mass is 10.0. The van der Waals surface area contributed by atoms with E-state index < -0.39 is 0 Å². The fourth-order valence-electron chi connectivity index (χ4n) is 1.39. The number of phenols is 1. The number of carbonyl (C=O) groups is 1. The second kappa shape index (κ2) is 6.09. The smallest absolute Gasteiger partial charge is 0.251 e. The molecular weight excluding hydrogens is 298 g/mol. The quantitative estimate of drug-likeness (QED) is 0.821. The maximum Gasteiger partial charge on any atom is 0.251 e. The van der Waals surface area contributed by atoms with E-state index in [1.54, 1.807) is 12.1 Å². The molecule has 100 valence electrons. The van der Waals surface area contributed by atoms with E-state index in [-0.39, 0.29) is 17.2 Å². The topological polar surface area (TPSA) is 58.6 Å². The molecule has 0 bridgehead atoms. The molecule has 0 fully saturated rings. The van der Waals surface area contributed by atoms with Crippen LogP contribution in [0.2, 0.25) is 0 Å². The highest BCUT2D eigenvalue weighted by atomic mass is 79.9. The van der Waals surface area contributed by atoms with E-state index in [4.69, 9.17) is 4.74 Å². The van der Waals surface area contributed by atoms with E-state index in [1.165, 1.54) is 13.2 Å². The Hall–Kier alpha value is -1.23. The molecule has 18 heavy (non-hydrogen) atoms. The Kier molecular flexibility index (Phi) is 5.02. The van der Waals surface area contributed by atoms with Gasteiger partial charge in [0.15, 0.2) is 11.5 Å². The van der Waals surface area contributed by atoms with E-state index in [0.717, 1.165) is 6.42 Å². The van der Waals surface area contributed by atoms with E-state index >= 15 is 0 Å². The number of methoxy groups -OCH3 is 1. The molecule has 0 heterocycles. The molecule has 1 aromatic carbocycles. The second-order valence-electron chi connectivity index (χ2n) is 4.39. The van der Waals surface area contributed by atoms with Crippen LogP contribution in [0.5, 0.6) is 11.5 Å². The summed E-state index contributed by atoms with van der Waals surface area (Å²) < 4.78 is 4.93. The lowest BCUT2D eigenvalue weighted by Crippen LogP contribution is -2.46. The zero-order valence-corrected chi connectivity index (χ0v) is 12.4. The molecule has 4 nitrogen and oxygen atoms in total. The highest BCUT2D eigenvalue weighted by Crippen LogP contribution is 2.26. The van der Waals surface area contributed by atoms with E-state index in [2.05, 4.69) is 21.2 Å². The number of rotatable bonds is 5. The Bertz CT molecular complexity index is 430. The van der Waals surface area contributed by atoms with Gasteiger partial charge in [-0.2, -0.15) is 0 Å². The summed E-state index contributed by atoms with van der Waals surface area (Å²) in [6.07, 6.45) is 0.812. The van der Waals surface area contributed by atoms with E-state index in [9.17, 15) is 9.90 Å². The van der Waals surface area contributed by atoms with Crippen LogP contribution in [0.25, 0.3) is 0 Å². The van der Waals surface area contributed by atoms with E-state index in [1.807, 2.05) is 13.8 Å². The maximum absolute atomic E-state index is 12.0. The molecule has 0 aromatic heterocycles. The summed E-state index contributed by atoms with van der Waals surface area (Å²) in [6.45, 7) is 3.97. The van der Waals surface area contributed by atoms with Crippen LogP contribution in [0.15, 0.2) is 18.2 Å². The van der Waals surface area contributed by atoms with Gasteiger partial charge in [-0.1, -0.05) is 22.9 Å². The number of alkyl halides is 1. The van der Waals surface area contributed by atoms with Crippen LogP contribution in [0.4, 0.5) is 0 Å². The van der Waals surface area contributed by atoms with Crippen molar-refractivity contribution in [2.24, 2.45) is 0 Å². The van der Waals surface area contributed by atoms with Crippen molar-refractivity contribution in [3.8, 4) is 11.5 Å². The third-order valence-corrected chi connectivity index (χ3v) is 4.17. The van der Waals surface area contributed by atoms with Crippen molar-refractivity contribution >= 4 is 21.8 Å². The summed E-state index contributed by atoms with van der Waals surface area (Å²) in [4.78, 5) is 12.0. The molecule has 5 heteroatoms. The lowest BCUT2D eigenvalue weighted by Gasteiger charge is -2.27. The van der Waals surface area contributed by atoms with Gasteiger partial charge in [0.05, 0.1) is 7.11 Å². The number of amides is 1. The molecule has 1 rings (SSSR count). The Morgan fingerprint density at radius 3 is 2.67 bits per heavy atom. The van der Waals surface area contributed by atoms with Crippen molar-refractivity contribution in [3.05, 3.63) is 23.8 Å². The van der Waals surface area contributed by atoms with Crippen molar-refractivity contribution < 1.29 is 14.6 Å². The van der Waals surface area contributed by atoms with Crippen molar-refractivity contribution in [2.45, 2.75) is 25.8 Å². The Morgan fingerprint density at radius 2 is 2.22 bits per heavy atom. The van der Waals surface area contributed by atoms with Gasteiger partial charge in [0, 0.05) is 16.4 Å². The fraction of sp³-hybridized carbons (Fsp3) is 0.462. The number of benzene rings is 1. The van der Waals surface area contributed by atoms with Gasteiger partial charge >= 0.3 is 0 Å². The third kappa shape index (κ3) is 3.38. The summed E-state index contributed by atoms with van der Waals surface area (Å²) in [5.74, 6) is 0.101. The fourth-order valence-corrected chi connectivity index (χ4v) is 1.93. The molecule has 2 N–H and O–H groups in total. The number of nitrogens with one attached hydrogen (secondary N) is 1. The molecule has 1 amide bonds. The minimum atomic E-state index is -0.299. The first kappa shape index (κ1) is 14.8. The number of aromatic hydroxyl groups is 1. The average molecular weight is 316 g/mol. The SMILES string of the molecule is CCC(C)(CBr)NC(=O)c1ccc(OC)c(O)c1. The number of hydrogen-bond acceptors (Lipinski definition) is 3. The summed E-state index contributed by atoms with van der Waals surface area (Å²) in [6, 6.07) is 4.60. The van der Waals surface area contributed by atoms with Crippen LogP contribution in [-0.2, 0) is 0 Å². The van der Waals surface area contributed by atoms with Gasteiger partial charge < -0.3 is 15.2 Å². The predicted molar refractivity (Wildman–Crippen MR) is 74.6 cm³/mol. The zero-order chi connectivity index (χ0) is 13.8. The molecule has 0 aliphatic rings. The monoisotopic (exact) mass is 315 g/mol. The third-order valence-electron chi connectivity index (χ3n) is 2.93. The van der Waals surface area contributed by atoms with Crippen LogP contribution in [-0.4, -0.2) is 29.0 Å². The van der Waals surface area contributed by atoms with Gasteiger partial charge in [-0.05, 0) is 31.5 Å². The highest BCUT2D eigenvalue weighted by Gasteiger charge is 2.23. The number of carbonyl (C=O) groups excluding carboxylic acids is 1. The molecule has 0 spiro atoms. The Morgan fingerprint density at radius 1 is 1.56 bits per heavy atom. The first-order valence-corrected chi connectivity index (χ1v) is 6.83. The number of hydrogen-bond donors (Lipinski definition) is 2. The van der Waals surface area contributed by atoms with Gasteiger partial charge in [0.25, 0.3) is 5.91 Å². The Balaban J connectivity index is 2.88. The van der Waals surface area contributed by atoms with Crippen LogP contribution in [0.1, 0.15) is 30.6 Å². The molecule has 1 aromatic rings. The largest absolute Gasteiger partial charge is 0.504 e. The van der Waals surface area contributed by atoms with Crippen molar-refractivity contribution in [2.75, 3.05) is 12.4 Å². The molecular formula is C13H18BrNO3. The van der Waals surface area contributed by atoms with Crippen molar-refractivity contribution in [1.82, 2.24) is 5.32 Å². The molecule has 0 saturated carbocycles. The summed E-state index contributed by atoms with van der Waals surface area (Å²) in [7, 11) is 1.47. The average Bonchev–Trinajstić information content (AvgIpc) is 2.38. The number of ether oxygens (including phenoxy) is 1. The number of halogens is 1. The highest BCUT2D eigenvalue weighted by molar-refractivity contribution is 9.09. The first-order valence-electron chi connectivity index (χ1n) is 5.71. The van der Waals surface area contributed by atoms with Crippen molar-refractivity contribution in [1.29, 1.82) is 0 Å². The molecule has 0 aliphatic heterocycles. The molecule has 1 atom stereocenters. The molecule has 0 saturated heterocycles. The predicted octanol–water partition coefficient (Wildman–Crippen LogP) is 2.69. The van der Waals surface area contributed by atoms with Gasteiger partial charge in [-0.15, -0.1) is 0 Å². The van der Waals surface area contributed by atoms with Gasteiger partial charge in [-0.25, -0.2) is 0 Å². The minimum absolute atomic E-state index is 0.0396. The summed E-state index contributed by atoms with van der Waals surface area (Å²) in [5, 5.41) is 13.2. The van der Waals surface area contributed by atoms with Crippen LogP contribution in [0.3, 0.4) is 0 Å². The van der Waals surface area contributed by atoms with Crippen molar-refractivity contribution in [3.63, 3.8) is 0 Å². The minimum Gasteiger partial charge on any atom is -0.504 e. The zero-order valence-electron chi connectivity index (χ0n) is 10.8. The standard InChI is InChI=1S/C13H18BrNO3/c1-4-13(2,8-14)15-12(17)9-5-6-11(18-3)10(16)7-9/h5-7,16H,4,8H2,1-3H3,(H,15,17). The first-order chi connectivity index (χ1) is 8.45. The summed E-state index contributed by atoms with van der Waals surface area (Å²) >= 11 is 3.39. The van der Waals surface area contributed by atoms with Crippen LogP contribution in [0, 0.1) is 0 Å². The number of phenolic OH excluding ortho intramolecular Hbond substituents is 1. The molecule has 0 aliphatic carbocycles. The van der Waals surface area contributed by atoms with Gasteiger partial charge in [0.1, 0.15) is 0 Å². The van der Waals surface area contributed by atoms with Crippen LogP contribution < -0.4 is 10.1 Å². The van der Waals surface area contributed by atoms with Crippen LogP contribution >= 0.6 is 15.9 Å². The Labute approximate surface area is 115 Å².